The fourth-order valence-corrected chi connectivity index (χ4v) is 5.69. The molecule has 1 N–H and O–H groups in total. The summed E-state index contributed by atoms with van der Waals surface area (Å²) in [7, 11) is -3.81. The third-order valence-electron chi connectivity index (χ3n) is 3.65. The van der Waals surface area contributed by atoms with Crippen molar-refractivity contribution in [3.63, 3.8) is 0 Å². The molecule has 0 aliphatic carbocycles. The summed E-state index contributed by atoms with van der Waals surface area (Å²) in [6.07, 6.45) is 1.51. The van der Waals surface area contributed by atoms with E-state index >= 15 is 0 Å². The summed E-state index contributed by atoms with van der Waals surface area (Å²) in [6.45, 7) is 5.83. The average molecular weight is 411 g/mol. The average Bonchev–Trinajstić information content (AvgIpc) is 3.15. The van der Waals surface area contributed by atoms with Crippen LogP contribution in [-0.4, -0.2) is 37.4 Å². The SMILES string of the molecule is CCN(CC)c1nc2sc(C(=O)NS(=O)(=O)Cc3ccccn3)cc2s1. The van der Waals surface area contributed by atoms with E-state index in [1.54, 1.807) is 24.3 Å². The molecule has 1 amide bonds. The van der Waals surface area contributed by atoms with Gasteiger partial charge in [0.25, 0.3) is 5.91 Å². The van der Waals surface area contributed by atoms with E-state index in [1.165, 1.54) is 28.9 Å². The number of thiazole rings is 1. The molecule has 0 unspecified atom stereocenters. The molecule has 138 valence electrons. The van der Waals surface area contributed by atoms with E-state index < -0.39 is 15.9 Å². The number of sulfonamides is 1. The Morgan fingerprint density at radius 1 is 1.23 bits per heavy atom. The molecule has 0 bridgehead atoms. The van der Waals surface area contributed by atoms with Crippen LogP contribution in [-0.2, 0) is 15.8 Å². The number of aromatic nitrogens is 2. The number of amides is 1. The number of fused-ring (bicyclic) bond motifs is 1. The number of rotatable bonds is 7. The van der Waals surface area contributed by atoms with E-state index in [-0.39, 0.29) is 5.75 Å². The van der Waals surface area contributed by atoms with Gasteiger partial charge in [-0.1, -0.05) is 17.4 Å². The van der Waals surface area contributed by atoms with Crippen LogP contribution in [0.5, 0.6) is 0 Å². The first-order valence-electron chi connectivity index (χ1n) is 8.02. The van der Waals surface area contributed by atoms with Gasteiger partial charge in [0.15, 0.2) is 5.13 Å². The van der Waals surface area contributed by atoms with Gasteiger partial charge in [-0.05, 0) is 32.0 Å². The molecule has 3 aromatic heterocycles. The Kier molecular flexibility index (Phi) is 5.54. The molecule has 3 aromatic rings. The minimum absolute atomic E-state index is 0.328. The smallest absolute Gasteiger partial charge is 0.274 e. The Labute approximate surface area is 159 Å². The highest BCUT2D eigenvalue weighted by molar-refractivity contribution is 7.89. The topological polar surface area (TPSA) is 92.3 Å². The van der Waals surface area contributed by atoms with Crippen LogP contribution in [0.4, 0.5) is 5.13 Å². The molecule has 7 nitrogen and oxygen atoms in total. The van der Waals surface area contributed by atoms with Crippen molar-refractivity contribution in [2.24, 2.45) is 0 Å². The molecular formula is C16H18N4O3S3. The van der Waals surface area contributed by atoms with E-state index in [0.717, 1.165) is 27.8 Å². The number of nitrogens with zero attached hydrogens (tertiary/aromatic N) is 3. The second-order valence-electron chi connectivity index (χ2n) is 5.46. The molecule has 0 radical (unpaired) electrons. The molecule has 0 saturated carbocycles. The predicted molar refractivity (Wildman–Crippen MR) is 105 cm³/mol. The maximum absolute atomic E-state index is 12.3. The molecule has 0 fully saturated rings. The van der Waals surface area contributed by atoms with Crippen LogP contribution in [0, 0.1) is 0 Å². The lowest BCUT2D eigenvalue weighted by Gasteiger charge is -2.16. The molecule has 0 atom stereocenters. The van der Waals surface area contributed by atoms with Gasteiger partial charge in [0.2, 0.25) is 10.0 Å². The second-order valence-corrected chi connectivity index (χ2v) is 9.22. The van der Waals surface area contributed by atoms with Gasteiger partial charge in [-0.3, -0.25) is 9.78 Å². The Hall–Kier alpha value is -2.04. The maximum Gasteiger partial charge on any atom is 0.274 e. The number of pyridine rings is 1. The highest BCUT2D eigenvalue weighted by Gasteiger charge is 2.21. The lowest BCUT2D eigenvalue weighted by atomic mass is 10.4. The highest BCUT2D eigenvalue weighted by Crippen LogP contribution is 2.34. The summed E-state index contributed by atoms with van der Waals surface area (Å²) >= 11 is 2.69. The second kappa shape index (κ2) is 7.68. The largest absolute Gasteiger partial charge is 0.349 e. The number of anilines is 1. The van der Waals surface area contributed by atoms with Gasteiger partial charge in [-0.15, -0.1) is 11.3 Å². The summed E-state index contributed by atoms with van der Waals surface area (Å²) in [5, 5.41) is 0.908. The molecule has 3 rings (SSSR count). The van der Waals surface area contributed by atoms with Crippen LogP contribution in [0.3, 0.4) is 0 Å². The molecule has 0 aliphatic heterocycles. The molecule has 10 heteroatoms. The first-order valence-corrected chi connectivity index (χ1v) is 11.3. The fraction of sp³-hybridized carbons (Fsp3) is 0.312. The Morgan fingerprint density at radius 2 is 2.00 bits per heavy atom. The van der Waals surface area contributed by atoms with Crippen molar-refractivity contribution in [2.75, 3.05) is 18.0 Å². The zero-order valence-corrected chi connectivity index (χ0v) is 16.7. The van der Waals surface area contributed by atoms with Crippen molar-refractivity contribution >= 4 is 53.3 Å². The van der Waals surface area contributed by atoms with Crippen molar-refractivity contribution in [2.45, 2.75) is 19.6 Å². The van der Waals surface area contributed by atoms with E-state index in [4.69, 9.17) is 0 Å². The highest BCUT2D eigenvalue weighted by atomic mass is 32.2. The van der Waals surface area contributed by atoms with Crippen LogP contribution < -0.4 is 9.62 Å². The van der Waals surface area contributed by atoms with Gasteiger partial charge < -0.3 is 4.90 Å². The number of nitrogens with one attached hydrogen (secondary N) is 1. The van der Waals surface area contributed by atoms with Crippen molar-refractivity contribution in [3.8, 4) is 0 Å². The summed E-state index contributed by atoms with van der Waals surface area (Å²) in [5.74, 6) is -0.982. The van der Waals surface area contributed by atoms with E-state index in [0.29, 0.717) is 10.6 Å². The lowest BCUT2D eigenvalue weighted by molar-refractivity contribution is 0.0985. The molecule has 0 saturated heterocycles. The van der Waals surface area contributed by atoms with Crippen LogP contribution in [0.25, 0.3) is 9.53 Å². The van der Waals surface area contributed by atoms with Gasteiger partial charge in [0.05, 0.1) is 15.3 Å². The number of hydrogen-bond donors (Lipinski definition) is 1. The lowest BCUT2D eigenvalue weighted by Crippen LogP contribution is -2.31. The normalized spacial score (nSPS) is 11.6. The zero-order chi connectivity index (χ0) is 18.7. The van der Waals surface area contributed by atoms with Crippen molar-refractivity contribution < 1.29 is 13.2 Å². The summed E-state index contributed by atoms with van der Waals surface area (Å²) in [5.41, 5.74) is 0.380. The molecule has 0 spiro atoms. The number of carbonyl (C=O) groups excluding carboxylic acids is 1. The van der Waals surface area contributed by atoms with Gasteiger partial charge in [-0.2, -0.15) is 0 Å². The molecular weight excluding hydrogens is 392 g/mol. The predicted octanol–water partition coefficient (Wildman–Crippen LogP) is 2.86. The monoisotopic (exact) mass is 410 g/mol. The van der Waals surface area contributed by atoms with Crippen LogP contribution in [0.15, 0.2) is 30.5 Å². The van der Waals surface area contributed by atoms with Crippen molar-refractivity contribution in [1.29, 1.82) is 0 Å². The third kappa shape index (κ3) is 4.19. The number of thiophene rings is 1. The molecule has 0 aliphatic rings. The Morgan fingerprint density at radius 3 is 2.62 bits per heavy atom. The minimum Gasteiger partial charge on any atom is -0.349 e. The van der Waals surface area contributed by atoms with Gasteiger partial charge in [0.1, 0.15) is 10.6 Å². The van der Waals surface area contributed by atoms with E-state index in [1.807, 2.05) is 0 Å². The quantitative estimate of drug-likeness (QED) is 0.644. The molecule has 3 heterocycles. The van der Waals surface area contributed by atoms with Crippen LogP contribution in [0.2, 0.25) is 0 Å². The maximum atomic E-state index is 12.3. The van der Waals surface area contributed by atoms with Gasteiger partial charge in [-0.25, -0.2) is 18.1 Å². The standard InChI is InChI=1S/C16H18N4O3S3/c1-3-20(4-2)16-18-15-13(25-16)9-12(24-15)14(21)19-26(22,23)10-11-7-5-6-8-17-11/h5-9H,3-4,10H2,1-2H3,(H,19,21). The fourth-order valence-electron chi connectivity index (χ4n) is 2.37. The zero-order valence-electron chi connectivity index (χ0n) is 14.3. The number of carbonyl (C=O) groups is 1. The summed E-state index contributed by atoms with van der Waals surface area (Å²) in [4.78, 5) is 24.0. The summed E-state index contributed by atoms with van der Waals surface area (Å²) in [6, 6.07) is 6.69. The minimum atomic E-state index is -3.81. The molecule has 0 aromatic carbocycles. The third-order valence-corrected chi connectivity index (χ3v) is 7.04. The van der Waals surface area contributed by atoms with Crippen LogP contribution >= 0.6 is 22.7 Å². The summed E-state index contributed by atoms with van der Waals surface area (Å²) < 4.78 is 27.3. The van der Waals surface area contributed by atoms with E-state index in [9.17, 15) is 13.2 Å². The number of hydrogen-bond acceptors (Lipinski definition) is 8. The van der Waals surface area contributed by atoms with Crippen molar-refractivity contribution in [1.82, 2.24) is 14.7 Å². The van der Waals surface area contributed by atoms with E-state index in [2.05, 4.69) is 33.4 Å². The van der Waals surface area contributed by atoms with Crippen molar-refractivity contribution in [3.05, 3.63) is 41.0 Å². The van der Waals surface area contributed by atoms with Gasteiger partial charge in [0, 0.05) is 19.3 Å². The molecule has 26 heavy (non-hydrogen) atoms. The van der Waals surface area contributed by atoms with Gasteiger partial charge >= 0.3 is 0 Å². The Bertz CT molecular complexity index is 976. The first kappa shape index (κ1) is 18.7. The Balaban J connectivity index is 1.74. The first-order chi connectivity index (χ1) is 12.4. The van der Waals surface area contributed by atoms with Crippen LogP contribution in [0.1, 0.15) is 29.2 Å².